The van der Waals surface area contributed by atoms with Crippen LogP contribution in [0.2, 0.25) is 0 Å². The lowest BCUT2D eigenvalue weighted by molar-refractivity contribution is 0.959. The zero-order valence-electron chi connectivity index (χ0n) is 8.85. The summed E-state index contributed by atoms with van der Waals surface area (Å²) in [6, 6.07) is 6.42. The van der Waals surface area contributed by atoms with E-state index in [0.29, 0.717) is 6.54 Å². The molecule has 1 aromatic heterocycles. The maximum absolute atomic E-state index is 5.53. The highest BCUT2D eigenvalue weighted by Gasteiger charge is 2.01. The van der Waals surface area contributed by atoms with E-state index in [1.165, 1.54) is 16.8 Å². The minimum atomic E-state index is 0.698. The van der Waals surface area contributed by atoms with Gasteiger partial charge in [-0.15, -0.1) is 0 Å². The lowest BCUT2D eigenvalue weighted by atomic mass is 10.1. The van der Waals surface area contributed by atoms with Crippen molar-refractivity contribution in [3.8, 4) is 5.69 Å². The average Bonchev–Trinajstić information content (AvgIpc) is 2.71. The Bertz CT molecular complexity index is 432. The topological polar surface area (TPSA) is 43.8 Å². The maximum atomic E-state index is 5.53. The minimum Gasteiger partial charge on any atom is -0.330 e. The molecule has 0 aliphatic heterocycles. The van der Waals surface area contributed by atoms with Crippen molar-refractivity contribution in [2.75, 3.05) is 6.54 Å². The number of nitrogens with zero attached hydrogens (tertiary/aromatic N) is 2. The molecule has 0 unspecified atom stereocenters. The highest BCUT2D eigenvalue weighted by atomic mass is 15.0. The van der Waals surface area contributed by atoms with E-state index >= 15 is 0 Å². The van der Waals surface area contributed by atoms with Crippen LogP contribution in [0.1, 0.15) is 11.1 Å². The third-order valence-corrected chi connectivity index (χ3v) is 2.48. The number of aryl methyl sites for hydroxylation is 1. The van der Waals surface area contributed by atoms with E-state index in [2.05, 4.69) is 30.1 Å². The molecule has 2 aromatic rings. The lowest BCUT2D eigenvalue weighted by Gasteiger charge is -2.08. The minimum absolute atomic E-state index is 0.698. The summed E-state index contributed by atoms with van der Waals surface area (Å²) >= 11 is 0. The fourth-order valence-electron chi connectivity index (χ4n) is 1.73. The average molecular weight is 201 g/mol. The number of aromatic nitrogens is 2. The molecule has 0 fully saturated rings. The molecule has 0 atom stereocenters. The molecule has 0 saturated heterocycles. The van der Waals surface area contributed by atoms with Crippen LogP contribution in [0.4, 0.5) is 0 Å². The van der Waals surface area contributed by atoms with Gasteiger partial charge in [-0.2, -0.15) is 0 Å². The fraction of sp³-hybridized carbons (Fsp3) is 0.250. The predicted octanol–water partition coefficient (Wildman–Crippen LogP) is 1.68. The molecular formula is C12H15N3. The quantitative estimate of drug-likeness (QED) is 0.821. The van der Waals surface area contributed by atoms with Crippen LogP contribution in [-0.4, -0.2) is 16.1 Å². The zero-order valence-corrected chi connectivity index (χ0v) is 8.85. The zero-order chi connectivity index (χ0) is 10.7. The van der Waals surface area contributed by atoms with Crippen LogP contribution in [0.15, 0.2) is 36.9 Å². The van der Waals surface area contributed by atoms with E-state index in [1.54, 1.807) is 6.20 Å². The Labute approximate surface area is 89.6 Å². The summed E-state index contributed by atoms with van der Waals surface area (Å²) in [6.45, 7) is 2.80. The summed E-state index contributed by atoms with van der Waals surface area (Å²) in [4.78, 5) is 4.04. The molecule has 1 aromatic carbocycles. The number of imidazole rings is 1. The smallest absolute Gasteiger partial charge is 0.0991 e. The van der Waals surface area contributed by atoms with Crippen molar-refractivity contribution in [1.82, 2.24) is 9.55 Å². The van der Waals surface area contributed by atoms with Gasteiger partial charge in [0.25, 0.3) is 0 Å². The largest absolute Gasteiger partial charge is 0.330 e. The fourth-order valence-corrected chi connectivity index (χ4v) is 1.73. The third kappa shape index (κ3) is 2.07. The van der Waals surface area contributed by atoms with E-state index in [0.717, 1.165) is 6.42 Å². The summed E-state index contributed by atoms with van der Waals surface area (Å²) in [5, 5.41) is 0. The van der Waals surface area contributed by atoms with Gasteiger partial charge in [0.1, 0.15) is 0 Å². The van der Waals surface area contributed by atoms with Crippen LogP contribution in [0.5, 0.6) is 0 Å². The molecule has 0 aliphatic carbocycles. The number of nitrogens with two attached hydrogens (primary N) is 1. The molecule has 0 radical (unpaired) electrons. The Hall–Kier alpha value is -1.61. The standard InChI is InChI=1S/C12H15N3/c1-10-8-11(4-5-13)2-3-12(10)15-7-6-14-9-15/h2-3,6-9H,4-5,13H2,1H3. The van der Waals surface area contributed by atoms with Crippen molar-refractivity contribution >= 4 is 0 Å². The van der Waals surface area contributed by atoms with E-state index in [9.17, 15) is 0 Å². The first-order chi connectivity index (χ1) is 7.31. The summed E-state index contributed by atoms with van der Waals surface area (Å²) in [5.74, 6) is 0. The van der Waals surface area contributed by atoms with Crippen molar-refractivity contribution in [2.24, 2.45) is 5.73 Å². The first kappa shape index (κ1) is 9.93. The Morgan fingerprint density at radius 1 is 1.40 bits per heavy atom. The van der Waals surface area contributed by atoms with Crippen LogP contribution < -0.4 is 5.73 Å². The number of rotatable bonds is 3. The molecule has 0 bridgehead atoms. The molecule has 2 rings (SSSR count). The highest BCUT2D eigenvalue weighted by molar-refractivity contribution is 5.42. The number of hydrogen-bond acceptors (Lipinski definition) is 2. The van der Waals surface area contributed by atoms with Gasteiger partial charge in [0.2, 0.25) is 0 Å². The van der Waals surface area contributed by atoms with Crippen molar-refractivity contribution in [2.45, 2.75) is 13.3 Å². The second kappa shape index (κ2) is 4.28. The van der Waals surface area contributed by atoms with Crippen LogP contribution in [-0.2, 0) is 6.42 Å². The first-order valence-electron chi connectivity index (χ1n) is 5.09. The maximum Gasteiger partial charge on any atom is 0.0991 e. The van der Waals surface area contributed by atoms with Crippen LogP contribution in [0, 0.1) is 6.92 Å². The van der Waals surface area contributed by atoms with Crippen molar-refractivity contribution in [3.63, 3.8) is 0 Å². The molecule has 3 heteroatoms. The van der Waals surface area contributed by atoms with E-state index in [1.807, 2.05) is 17.1 Å². The SMILES string of the molecule is Cc1cc(CCN)ccc1-n1ccnc1. The molecule has 2 N–H and O–H groups in total. The van der Waals surface area contributed by atoms with Crippen LogP contribution in [0.25, 0.3) is 5.69 Å². The van der Waals surface area contributed by atoms with Gasteiger partial charge in [-0.3, -0.25) is 0 Å². The van der Waals surface area contributed by atoms with Gasteiger partial charge in [-0.05, 0) is 37.1 Å². The molecule has 15 heavy (non-hydrogen) atoms. The molecule has 0 saturated carbocycles. The molecule has 78 valence electrons. The van der Waals surface area contributed by atoms with Crippen molar-refractivity contribution < 1.29 is 0 Å². The second-order valence-corrected chi connectivity index (χ2v) is 3.63. The van der Waals surface area contributed by atoms with E-state index in [-0.39, 0.29) is 0 Å². The molecular weight excluding hydrogens is 186 g/mol. The molecule has 0 aliphatic rings. The van der Waals surface area contributed by atoms with Gasteiger partial charge in [0.15, 0.2) is 0 Å². The Morgan fingerprint density at radius 3 is 2.87 bits per heavy atom. The number of benzene rings is 1. The summed E-state index contributed by atoms with van der Waals surface area (Å²) in [7, 11) is 0. The van der Waals surface area contributed by atoms with Gasteiger partial charge in [-0.1, -0.05) is 12.1 Å². The van der Waals surface area contributed by atoms with Gasteiger partial charge in [0, 0.05) is 18.1 Å². The number of hydrogen-bond donors (Lipinski definition) is 1. The van der Waals surface area contributed by atoms with E-state index in [4.69, 9.17) is 5.73 Å². The highest BCUT2D eigenvalue weighted by Crippen LogP contribution is 2.15. The summed E-state index contributed by atoms with van der Waals surface area (Å²) < 4.78 is 2.02. The van der Waals surface area contributed by atoms with Crippen LogP contribution in [0.3, 0.4) is 0 Å². The summed E-state index contributed by atoms with van der Waals surface area (Å²) in [5.41, 5.74) is 9.24. The Kier molecular flexibility index (Phi) is 2.83. The van der Waals surface area contributed by atoms with Gasteiger partial charge >= 0.3 is 0 Å². The van der Waals surface area contributed by atoms with Crippen molar-refractivity contribution in [1.29, 1.82) is 0 Å². The lowest BCUT2D eigenvalue weighted by Crippen LogP contribution is -2.03. The first-order valence-corrected chi connectivity index (χ1v) is 5.09. The second-order valence-electron chi connectivity index (χ2n) is 3.63. The summed E-state index contributed by atoms with van der Waals surface area (Å²) in [6.07, 6.45) is 6.48. The normalized spacial score (nSPS) is 10.5. The molecule has 3 nitrogen and oxygen atoms in total. The van der Waals surface area contributed by atoms with Gasteiger partial charge < -0.3 is 10.3 Å². The molecule has 0 spiro atoms. The van der Waals surface area contributed by atoms with Gasteiger partial charge in [0.05, 0.1) is 6.33 Å². The van der Waals surface area contributed by atoms with Crippen molar-refractivity contribution in [3.05, 3.63) is 48.0 Å². The van der Waals surface area contributed by atoms with E-state index < -0.39 is 0 Å². The predicted molar refractivity (Wildman–Crippen MR) is 61.1 cm³/mol. The molecule has 0 amide bonds. The molecule has 1 heterocycles. The Balaban J connectivity index is 2.35. The monoisotopic (exact) mass is 201 g/mol. The third-order valence-electron chi connectivity index (χ3n) is 2.48. The van der Waals surface area contributed by atoms with Crippen LogP contribution >= 0.6 is 0 Å². The Morgan fingerprint density at radius 2 is 2.27 bits per heavy atom. The van der Waals surface area contributed by atoms with Gasteiger partial charge in [-0.25, -0.2) is 4.98 Å².